The minimum absolute atomic E-state index is 0.117. The number of carbonyl (C=O) groups excluding carboxylic acids is 1. The topological polar surface area (TPSA) is 57.6 Å². The van der Waals surface area contributed by atoms with E-state index in [1.54, 1.807) is 6.92 Å². The molecule has 1 saturated carbocycles. The number of amides is 1. The Hall–Kier alpha value is -1.06. The van der Waals surface area contributed by atoms with Crippen LogP contribution in [0.25, 0.3) is 0 Å². The summed E-state index contributed by atoms with van der Waals surface area (Å²) in [6.45, 7) is 3.79. The van der Waals surface area contributed by atoms with Crippen molar-refractivity contribution in [1.82, 2.24) is 4.90 Å². The number of carboxylic acid groups (broad SMARTS) is 1. The van der Waals surface area contributed by atoms with E-state index in [9.17, 15) is 9.59 Å². The molecule has 0 saturated heterocycles. The number of hydrogen-bond acceptors (Lipinski definition) is 2. The van der Waals surface area contributed by atoms with Crippen LogP contribution in [0.5, 0.6) is 0 Å². The number of unbranched alkanes of at least 4 members (excludes halogenated alkanes) is 1. The molecule has 0 aromatic carbocycles. The van der Waals surface area contributed by atoms with Crippen molar-refractivity contribution in [3.63, 3.8) is 0 Å². The van der Waals surface area contributed by atoms with Gasteiger partial charge in [-0.1, -0.05) is 26.2 Å². The highest BCUT2D eigenvalue weighted by molar-refractivity contribution is 5.75. The van der Waals surface area contributed by atoms with E-state index in [0.717, 1.165) is 31.6 Å². The zero-order valence-electron chi connectivity index (χ0n) is 11.5. The first-order valence-corrected chi connectivity index (χ1v) is 7.05. The molecule has 1 atom stereocenters. The number of carboxylic acids is 1. The van der Waals surface area contributed by atoms with E-state index >= 15 is 0 Å². The van der Waals surface area contributed by atoms with Crippen LogP contribution in [0.4, 0.5) is 0 Å². The predicted molar refractivity (Wildman–Crippen MR) is 70.3 cm³/mol. The summed E-state index contributed by atoms with van der Waals surface area (Å²) < 4.78 is 0. The van der Waals surface area contributed by atoms with Gasteiger partial charge >= 0.3 is 5.97 Å². The lowest BCUT2D eigenvalue weighted by molar-refractivity contribution is -0.147. The van der Waals surface area contributed by atoms with E-state index in [1.165, 1.54) is 24.2 Å². The van der Waals surface area contributed by atoms with Gasteiger partial charge in [-0.3, -0.25) is 4.79 Å². The van der Waals surface area contributed by atoms with Crippen molar-refractivity contribution in [2.45, 2.75) is 70.9 Å². The maximum Gasteiger partial charge on any atom is 0.326 e. The van der Waals surface area contributed by atoms with Crippen LogP contribution >= 0.6 is 0 Å². The van der Waals surface area contributed by atoms with E-state index in [2.05, 4.69) is 6.92 Å². The molecule has 1 aliphatic carbocycles. The maximum absolute atomic E-state index is 11.1. The summed E-state index contributed by atoms with van der Waals surface area (Å²) in [5.41, 5.74) is 0. The molecule has 1 N–H and O–H groups in total. The molecule has 0 heterocycles. The third-order valence-electron chi connectivity index (χ3n) is 4.13. The van der Waals surface area contributed by atoms with E-state index in [4.69, 9.17) is 5.11 Å². The third-order valence-corrected chi connectivity index (χ3v) is 4.13. The molecular formula is C14H25NO3. The Labute approximate surface area is 109 Å². The SMILES string of the molecule is CCCCC1CCC(N(C=O)C(C)C(=O)O)CC1. The van der Waals surface area contributed by atoms with E-state index < -0.39 is 12.0 Å². The van der Waals surface area contributed by atoms with Crippen LogP contribution in [0.1, 0.15) is 58.8 Å². The van der Waals surface area contributed by atoms with Crippen LogP contribution in [0.3, 0.4) is 0 Å². The van der Waals surface area contributed by atoms with Gasteiger partial charge in [0, 0.05) is 6.04 Å². The predicted octanol–water partition coefficient (Wildman–Crippen LogP) is 2.67. The summed E-state index contributed by atoms with van der Waals surface area (Å²) in [5, 5.41) is 8.98. The fraction of sp³-hybridized carbons (Fsp3) is 0.857. The van der Waals surface area contributed by atoms with Gasteiger partial charge in [-0.15, -0.1) is 0 Å². The van der Waals surface area contributed by atoms with Gasteiger partial charge in [0.2, 0.25) is 6.41 Å². The lowest BCUT2D eigenvalue weighted by atomic mass is 9.82. The molecule has 1 amide bonds. The quantitative estimate of drug-likeness (QED) is 0.711. The molecular weight excluding hydrogens is 230 g/mol. The first-order chi connectivity index (χ1) is 8.60. The van der Waals surface area contributed by atoms with Crippen LogP contribution in [0, 0.1) is 5.92 Å². The van der Waals surface area contributed by atoms with Crippen molar-refractivity contribution in [1.29, 1.82) is 0 Å². The molecule has 1 aliphatic rings. The molecule has 4 nitrogen and oxygen atoms in total. The van der Waals surface area contributed by atoms with Crippen molar-refractivity contribution < 1.29 is 14.7 Å². The average Bonchev–Trinajstić information content (AvgIpc) is 2.38. The molecule has 104 valence electrons. The maximum atomic E-state index is 11.1. The van der Waals surface area contributed by atoms with Gasteiger partial charge in [0.15, 0.2) is 0 Å². The first-order valence-electron chi connectivity index (χ1n) is 7.05. The Bertz CT molecular complexity index is 272. The Kier molecular flexibility index (Phi) is 6.16. The highest BCUT2D eigenvalue weighted by atomic mass is 16.4. The number of nitrogens with zero attached hydrogens (tertiary/aromatic N) is 1. The zero-order valence-corrected chi connectivity index (χ0v) is 11.5. The number of carbonyl (C=O) groups is 2. The van der Waals surface area contributed by atoms with E-state index in [-0.39, 0.29) is 6.04 Å². The molecule has 0 aromatic heterocycles. The summed E-state index contributed by atoms with van der Waals surface area (Å²) >= 11 is 0. The van der Waals surface area contributed by atoms with Crippen LogP contribution in [0.15, 0.2) is 0 Å². The van der Waals surface area contributed by atoms with E-state index in [0.29, 0.717) is 6.41 Å². The Morgan fingerprint density at radius 2 is 2.00 bits per heavy atom. The summed E-state index contributed by atoms with van der Waals surface area (Å²) in [4.78, 5) is 23.5. The second kappa shape index (κ2) is 7.39. The summed E-state index contributed by atoms with van der Waals surface area (Å²) in [7, 11) is 0. The van der Waals surface area contributed by atoms with Gasteiger partial charge in [-0.05, 0) is 38.5 Å². The lowest BCUT2D eigenvalue weighted by Crippen LogP contribution is -2.46. The Balaban J connectivity index is 2.45. The summed E-state index contributed by atoms with van der Waals surface area (Å²) in [5.74, 6) is -0.148. The zero-order chi connectivity index (χ0) is 13.5. The fourth-order valence-corrected chi connectivity index (χ4v) is 2.85. The molecule has 0 aromatic rings. The van der Waals surface area contributed by atoms with Crippen molar-refractivity contribution >= 4 is 12.4 Å². The molecule has 0 spiro atoms. The van der Waals surface area contributed by atoms with Gasteiger partial charge < -0.3 is 10.0 Å². The van der Waals surface area contributed by atoms with Gasteiger partial charge in [-0.25, -0.2) is 4.79 Å². The Morgan fingerprint density at radius 1 is 1.39 bits per heavy atom. The van der Waals surface area contributed by atoms with Crippen LogP contribution in [-0.4, -0.2) is 34.5 Å². The van der Waals surface area contributed by atoms with Crippen molar-refractivity contribution in [3.05, 3.63) is 0 Å². The monoisotopic (exact) mass is 255 g/mol. The highest BCUT2D eigenvalue weighted by Crippen LogP contribution is 2.31. The number of aliphatic carboxylic acids is 1. The molecule has 1 unspecified atom stereocenters. The summed E-state index contributed by atoms with van der Waals surface area (Å²) in [6, 6.07) is -0.592. The largest absolute Gasteiger partial charge is 0.480 e. The molecule has 0 bridgehead atoms. The molecule has 4 heteroatoms. The van der Waals surface area contributed by atoms with Gasteiger partial charge in [0.25, 0.3) is 0 Å². The molecule has 0 radical (unpaired) electrons. The fourth-order valence-electron chi connectivity index (χ4n) is 2.85. The van der Waals surface area contributed by atoms with Crippen molar-refractivity contribution in [2.75, 3.05) is 0 Å². The minimum Gasteiger partial charge on any atom is -0.480 e. The first kappa shape index (κ1) is 15.0. The third kappa shape index (κ3) is 4.00. The van der Waals surface area contributed by atoms with Crippen LogP contribution in [-0.2, 0) is 9.59 Å². The molecule has 1 rings (SSSR count). The molecule has 0 aliphatic heterocycles. The highest BCUT2D eigenvalue weighted by Gasteiger charge is 2.30. The number of rotatable bonds is 7. The number of hydrogen-bond donors (Lipinski definition) is 1. The molecule has 18 heavy (non-hydrogen) atoms. The average molecular weight is 255 g/mol. The van der Waals surface area contributed by atoms with Gasteiger partial charge in [-0.2, -0.15) is 0 Å². The van der Waals surface area contributed by atoms with Crippen LogP contribution in [0.2, 0.25) is 0 Å². The standard InChI is InChI=1S/C14H25NO3/c1-3-4-5-12-6-8-13(9-7-12)15(10-16)11(2)14(17)18/h10-13H,3-9H2,1-2H3,(H,17,18). The second-order valence-corrected chi connectivity index (χ2v) is 5.38. The summed E-state index contributed by atoms with van der Waals surface area (Å²) in [6.07, 6.45) is 8.64. The van der Waals surface area contributed by atoms with Gasteiger partial charge in [0.05, 0.1) is 0 Å². The second-order valence-electron chi connectivity index (χ2n) is 5.38. The minimum atomic E-state index is -0.921. The van der Waals surface area contributed by atoms with Crippen molar-refractivity contribution in [2.24, 2.45) is 5.92 Å². The normalized spacial score (nSPS) is 25.4. The van der Waals surface area contributed by atoms with Crippen molar-refractivity contribution in [3.8, 4) is 0 Å². The Morgan fingerprint density at radius 3 is 2.44 bits per heavy atom. The smallest absolute Gasteiger partial charge is 0.326 e. The lowest BCUT2D eigenvalue weighted by Gasteiger charge is -2.36. The van der Waals surface area contributed by atoms with Gasteiger partial charge in [0.1, 0.15) is 6.04 Å². The molecule has 1 fully saturated rings. The van der Waals surface area contributed by atoms with E-state index in [1.807, 2.05) is 0 Å². The van der Waals surface area contributed by atoms with Crippen LogP contribution < -0.4 is 0 Å².